The zero-order valence-corrected chi connectivity index (χ0v) is 14.0. The zero-order valence-electron chi connectivity index (χ0n) is 13.2. The number of nitrogens with one attached hydrogen (secondary N) is 1. The van der Waals surface area contributed by atoms with Crippen molar-refractivity contribution in [3.05, 3.63) is 42.2 Å². The minimum Gasteiger partial charge on any atom is -0.493 e. The van der Waals surface area contributed by atoms with Crippen molar-refractivity contribution in [2.45, 2.75) is 18.0 Å². The first-order valence-corrected chi connectivity index (χ1v) is 8.81. The van der Waals surface area contributed by atoms with Crippen molar-refractivity contribution in [2.75, 3.05) is 18.9 Å². The maximum atomic E-state index is 12.4. The molecule has 6 heteroatoms. The molecule has 2 aromatic rings. The molecule has 1 amide bonds. The van der Waals surface area contributed by atoms with Gasteiger partial charge in [-0.3, -0.25) is 4.79 Å². The molecule has 1 aliphatic heterocycles. The maximum absolute atomic E-state index is 12.4. The molecule has 0 radical (unpaired) electrons. The Hall–Kier alpha value is -1.95. The van der Waals surface area contributed by atoms with Gasteiger partial charge in [-0.15, -0.1) is 0 Å². The van der Waals surface area contributed by atoms with Crippen molar-refractivity contribution in [3.63, 3.8) is 0 Å². The van der Waals surface area contributed by atoms with Gasteiger partial charge in [-0.1, -0.05) is 30.0 Å². The lowest BCUT2D eigenvalue weighted by atomic mass is 9.96. The van der Waals surface area contributed by atoms with E-state index < -0.39 is 0 Å². The van der Waals surface area contributed by atoms with E-state index in [2.05, 4.69) is 10.3 Å². The van der Waals surface area contributed by atoms with Crippen molar-refractivity contribution in [3.8, 4) is 5.75 Å². The van der Waals surface area contributed by atoms with Crippen molar-refractivity contribution in [2.24, 2.45) is 13.0 Å². The fraction of sp³-hybridized carbons (Fsp3) is 0.412. The predicted molar refractivity (Wildman–Crippen MR) is 90.7 cm³/mol. The van der Waals surface area contributed by atoms with Crippen molar-refractivity contribution >= 4 is 17.7 Å². The fourth-order valence-electron chi connectivity index (χ4n) is 2.67. The molecule has 23 heavy (non-hydrogen) atoms. The van der Waals surface area contributed by atoms with Gasteiger partial charge in [0, 0.05) is 37.7 Å². The predicted octanol–water partition coefficient (Wildman–Crippen LogP) is 2.27. The summed E-state index contributed by atoms with van der Waals surface area (Å²) in [4.78, 5) is 16.6. The number of ether oxygens (including phenoxy) is 1. The number of amides is 1. The molecule has 0 bridgehead atoms. The van der Waals surface area contributed by atoms with Gasteiger partial charge in [0.05, 0.1) is 6.61 Å². The molecule has 5 nitrogen and oxygen atoms in total. The largest absolute Gasteiger partial charge is 0.493 e. The summed E-state index contributed by atoms with van der Waals surface area (Å²) >= 11 is 1.65. The Morgan fingerprint density at radius 3 is 3.17 bits per heavy atom. The fourth-order valence-corrected chi connectivity index (χ4v) is 3.45. The minimum atomic E-state index is -0.0168. The Labute approximate surface area is 140 Å². The van der Waals surface area contributed by atoms with Gasteiger partial charge in [-0.05, 0) is 24.5 Å². The van der Waals surface area contributed by atoms with Crippen LogP contribution in [0.1, 0.15) is 12.0 Å². The van der Waals surface area contributed by atoms with Crippen LogP contribution in [-0.4, -0.2) is 34.4 Å². The molecule has 0 unspecified atom stereocenters. The quantitative estimate of drug-likeness (QED) is 0.674. The van der Waals surface area contributed by atoms with E-state index in [1.807, 2.05) is 42.1 Å². The average Bonchev–Trinajstić information content (AvgIpc) is 2.84. The number of aryl methyl sites for hydroxylation is 1. The maximum Gasteiger partial charge on any atom is 0.223 e. The summed E-state index contributed by atoms with van der Waals surface area (Å²) in [6.45, 7) is 1.24. The van der Waals surface area contributed by atoms with E-state index in [0.717, 1.165) is 35.1 Å². The topological polar surface area (TPSA) is 56.2 Å². The van der Waals surface area contributed by atoms with Gasteiger partial charge in [0.1, 0.15) is 5.75 Å². The lowest BCUT2D eigenvalue weighted by Gasteiger charge is -2.13. The highest BCUT2D eigenvalue weighted by Gasteiger charge is 2.23. The molecular formula is C17H21N3O2S. The Morgan fingerprint density at radius 2 is 2.35 bits per heavy atom. The first-order valence-electron chi connectivity index (χ1n) is 7.82. The molecule has 0 fully saturated rings. The number of imidazole rings is 1. The molecule has 0 aliphatic carbocycles. The van der Waals surface area contributed by atoms with E-state index in [-0.39, 0.29) is 11.8 Å². The van der Waals surface area contributed by atoms with Crippen molar-refractivity contribution in [1.29, 1.82) is 0 Å². The molecule has 1 atom stereocenters. The van der Waals surface area contributed by atoms with Gasteiger partial charge in [0.15, 0.2) is 5.16 Å². The van der Waals surface area contributed by atoms with Crippen LogP contribution in [0.25, 0.3) is 0 Å². The van der Waals surface area contributed by atoms with Crippen LogP contribution in [-0.2, 0) is 18.3 Å². The van der Waals surface area contributed by atoms with Gasteiger partial charge in [0.2, 0.25) is 5.91 Å². The highest BCUT2D eigenvalue weighted by Crippen LogP contribution is 2.26. The Balaban J connectivity index is 1.48. The molecule has 2 heterocycles. The number of hydrogen-bond acceptors (Lipinski definition) is 4. The van der Waals surface area contributed by atoms with Gasteiger partial charge in [-0.2, -0.15) is 0 Å². The lowest BCUT2D eigenvalue weighted by Crippen LogP contribution is -2.33. The Kier molecular flexibility index (Phi) is 5.23. The second-order valence-electron chi connectivity index (χ2n) is 5.61. The zero-order chi connectivity index (χ0) is 16.1. The van der Waals surface area contributed by atoms with E-state index in [1.54, 1.807) is 18.0 Å². The summed E-state index contributed by atoms with van der Waals surface area (Å²) in [5, 5.41) is 4.01. The molecule has 0 saturated heterocycles. The number of carbonyl (C=O) groups excluding carboxylic acids is 1. The van der Waals surface area contributed by atoms with Gasteiger partial charge in [0.25, 0.3) is 0 Å². The van der Waals surface area contributed by atoms with E-state index in [1.165, 1.54) is 0 Å². The SMILES string of the molecule is Cn1ccnc1SCCNC(=O)[C@@H]1CCOc2ccccc2C1. The van der Waals surface area contributed by atoms with E-state index >= 15 is 0 Å². The molecule has 122 valence electrons. The number of carbonyl (C=O) groups is 1. The second-order valence-corrected chi connectivity index (χ2v) is 6.67. The minimum absolute atomic E-state index is 0.0168. The van der Waals surface area contributed by atoms with Crippen LogP contribution in [0, 0.1) is 5.92 Å². The molecule has 1 aromatic heterocycles. The van der Waals surface area contributed by atoms with Crippen LogP contribution < -0.4 is 10.1 Å². The standard InChI is InChI=1S/C17H21N3O2S/c1-20-9-7-19-17(20)23-11-8-18-16(21)14-6-10-22-15-5-3-2-4-13(15)12-14/h2-5,7,9,14H,6,8,10-12H2,1H3,(H,18,21)/t14-/m1/s1. The Bertz CT molecular complexity index is 671. The number of thioether (sulfide) groups is 1. The first-order chi connectivity index (χ1) is 11.2. The second kappa shape index (κ2) is 7.55. The molecular weight excluding hydrogens is 310 g/mol. The molecule has 1 N–H and O–H groups in total. The highest BCUT2D eigenvalue weighted by molar-refractivity contribution is 7.99. The molecule has 3 rings (SSSR count). The monoisotopic (exact) mass is 331 g/mol. The van der Waals surface area contributed by atoms with Crippen LogP contribution in [0.2, 0.25) is 0 Å². The van der Waals surface area contributed by atoms with Crippen LogP contribution in [0.4, 0.5) is 0 Å². The Morgan fingerprint density at radius 1 is 1.48 bits per heavy atom. The van der Waals surface area contributed by atoms with Crippen LogP contribution in [0.15, 0.2) is 41.8 Å². The van der Waals surface area contributed by atoms with Crippen molar-refractivity contribution in [1.82, 2.24) is 14.9 Å². The van der Waals surface area contributed by atoms with Gasteiger partial charge < -0.3 is 14.6 Å². The smallest absolute Gasteiger partial charge is 0.223 e. The number of aromatic nitrogens is 2. The number of rotatable bonds is 5. The third-order valence-electron chi connectivity index (χ3n) is 3.94. The van der Waals surface area contributed by atoms with E-state index in [4.69, 9.17) is 4.74 Å². The normalized spacial score (nSPS) is 17.0. The molecule has 0 spiro atoms. The summed E-state index contributed by atoms with van der Waals surface area (Å²) in [5.41, 5.74) is 1.12. The summed E-state index contributed by atoms with van der Waals surface area (Å²) < 4.78 is 7.70. The average molecular weight is 331 g/mol. The van der Waals surface area contributed by atoms with Gasteiger partial charge >= 0.3 is 0 Å². The lowest BCUT2D eigenvalue weighted by molar-refractivity contribution is -0.125. The van der Waals surface area contributed by atoms with Crippen LogP contribution in [0.3, 0.4) is 0 Å². The van der Waals surface area contributed by atoms with E-state index in [0.29, 0.717) is 13.2 Å². The van der Waals surface area contributed by atoms with Crippen LogP contribution >= 0.6 is 11.8 Å². The van der Waals surface area contributed by atoms with E-state index in [9.17, 15) is 4.79 Å². The number of nitrogens with zero attached hydrogens (tertiary/aromatic N) is 2. The van der Waals surface area contributed by atoms with Crippen LogP contribution in [0.5, 0.6) is 5.75 Å². The first kappa shape index (κ1) is 15.9. The highest BCUT2D eigenvalue weighted by atomic mass is 32.2. The number of fused-ring (bicyclic) bond motifs is 1. The van der Waals surface area contributed by atoms with Gasteiger partial charge in [-0.25, -0.2) is 4.98 Å². The number of para-hydroxylation sites is 1. The number of benzene rings is 1. The van der Waals surface area contributed by atoms with Crippen molar-refractivity contribution < 1.29 is 9.53 Å². The molecule has 1 aromatic carbocycles. The number of hydrogen-bond donors (Lipinski definition) is 1. The third kappa shape index (κ3) is 4.07. The summed E-state index contributed by atoms with van der Waals surface area (Å²) in [6, 6.07) is 7.97. The summed E-state index contributed by atoms with van der Waals surface area (Å²) in [7, 11) is 1.97. The third-order valence-corrected chi connectivity index (χ3v) is 5.00. The molecule has 1 aliphatic rings. The summed E-state index contributed by atoms with van der Waals surface area (Å²) in [5.74, 6) is 1.83. The summed E-state index contributed by atoms with van der Waals surface area (Å²) in [6.07, 6.45) is 5.20. The molecule has 0 saturated carbocycles.